The van der Waals surface area contributed by atoms with Crippen LogP contribution in [0, 0.1) is 16.9 Å². The van der Waals surface area contributed by atoms with Gasteiger partial charge in [0.25, 0.3) is 5.91 Å². The maximum Gasteiger partial charge on any atom is 0.252 e. The van der Waals surface area contributed by atoms with Crippen molar-refractivity contribution in [3.63, 3.8) is 0 Å². The highest BCUT2D eigenvalue weighted by Gasteiger charge is 2.27. The summed E-state index contributed by atoms with van der Waals surface area (Å²) < 4.78 is 0. The van der Waals surface area contributed by atoms with Crippen molar-refractivity contribution >= 4 is 40.8 Å². The number of aliphatic imine (C=N–C) groups is 1. The second kappa shape index (κ2) is 9.45. The Morgan fingerprint density at radius 3 is 2.36 bits per heavy atom. The number of nitriles is 1. The Labute approximate surface area is 174 Å². The molecule has 1 amide bonds. The minimum atomic E-state index is -0.613. The third-order valence-electron chi connectivity index (χ3n) is 3.71. The first kappa shape index (κ1) is 21.5. The molecule has 28 heavy (non-hydrogen) atoms. The normalized spacial score (nSPS) is 12.6. The predicted molar refractivity (Wildman–Crippen MR) is 113 cm³/mol. The second-order valence-electron chi connectivity index (χ2n) is 7.10. The van der Waals surface area contributed by atoms with Crippen LogP contribution in [-0.4, -0.2) is 18.0 Å². The Hall–Kier alpha value is -2.75. The van der Waals surface area contributed by atoms with E-state index in [1.54, 1.807) is 48.5 Å². The van der Waals surface area contributed by atoms with Gasteiger partial charge in [-0.2, -0.15) is 5.26 Å². The third kappa shape index (κ3) is 6.45. The molecule has 1 unspecified atom stereocenters. The molecule has 6 nitrogen and oxygen atoms in total. The molecule has 0 aromatic heterocycles. The highest BCUT2D eigenvalue weighted by Crippen LogP contribution is 2.22. The number of benzene rings is 2. The molecule has 8 heteroatoms. The number of hydrogen-bond donors (Lipinski definition) is 3. The topological polar surface area (TPSA) is 89.3 Å². The molecule has 0 fully saturated rings. The van der Waals surface area contributed by atoms with Crippen LogP contribution >= 0.6 is 23.2 Å². The number of hydrogen-bond acceptors (Lipinski definition) is 3. The van der Waals surface area contributed by atoms with Crippen molar-refractivity contribution in [1.29, 1.82) is 5.26 Å². The highest BCUT2D eigenvalue weighted by molar-refractivity contribution is 6.31. The van der Waals surface area contributed by atoms with Gasteiger partial charge in [0.2, 0.25) is 5.96 Å². The van der Waals surface area contributed by atoms with Gasteiger partial charge in [0.15, 0.2) is 6.19 Å². The van der Waals surface area contributed by atoms with Crippen molar-refractivity contribution in [2.24, 2.45) is 10.4 Å². The van der Waals surface area contributed by atoms with Crippen LogP contribution in [-0.2, 0) is 0 Å². The number of anilines is 1. The third-order valence-corrected chi connectivity index (χ3v) is 4.20. The Balaban J connectivity index is 2.27. The number of rotatable bonds is 4. The first-order valence-corrected chi connectivity index (χ1v) is 9.26. The maximum atomic E-state index is 12.6. The lowest BCUT2D eigenvalue weighted by Crippen LogP contribution is -2.44. The fourth-order valence-corrected chi connectivity index (χ4v) is 2.55. The fraction of sp³-hybridized carbons (Fsp3) is 0.250. The van der Waals surface area contributed by atoms with Gasteiger partial charge in [-0.25, -0.2) is 4.99 Å². The molecule has 0 saturated carbocycles. The SMILES string of the molecule is CC(C)(C)C(N=C(NC#N)Nc1cccc(Cl)c1)NC(=O)c1ccc(Cl)cc1. The Morgan fingerprint density at radius 1 is 1.11 bits per heavy atom. The lowest BCUT2D eigenvalue weighted by molar-refractivity contribution is 0.0906. The van der Waals surface area contributed by atoms with E-state index in [-0.39, 0.29) is 11.9 Å². The van der Waals surface area contributed by atoms with E-state index in [1.165, 1.54) is 0 Å². The van der Waals surface area contributed by atoms with Gasteiger partial charge in [0.05, 0.1) is 0 Å². The molecule has 0 aliphatic rings. The van der Waals surface area contributed by atoms with E-state index in [2.05, 4.69) is 20.9 Å². The van der Waals surface area contributed by atoms with E-state index < -0.39 is 11.6 Å². The van der Waals surface area contributed by atoms with E-state index in [1.807, 2.05) is 27.0 Å². The zero-order chi connectivity index (χ0) is 20.7. The monoisotopic (exact) mass is 417 g/mol. The van der Waals surface area contributed by atoms with Crippen molar-refractivity contribution < 1.29 is 4.79 Å². The van der Waals surface area contributed by atoms with Gasteiger partial charge >= 0.3 is 0 Å². The zero-order valence-corrected chi connectivity index (χ0v) is 17.3. The average Bonchev–Trinajstić information content (AvgIpc) is 2.61. The van der Waals surface area contributed by atoms with Gasteiger partial charge in [-0.3, -0.25) is 10.1 Å². The van der Waals surface area contributed by atoms with Crippen LogP contribution in [0.25, 0.3) is 0 Å². The van der Waals surface area contributed by atoms with Gasteiger partial charge in [-0.05, 0) is 42.5 Å². The summed E-state index contributed by atoms with van der Waals surface area (Å²) in [5, 5.41) is 18.6. The quantitative estimate of drug-likeness (QED) is 0.292. The van der Waals surface area contributed by atoms with Crippen molar-refractivity contribution in [2.75, 3.05) is 5.32 Å². The molecule has 0 heterocycles. The first-order valence-electron chi connectivity index (χ1n) is 8.51. The number of nitrogens with zero attached hydrogens (tertiary/aromatic N) is 2. The summed E-state index contributed by atoms with van der Waals surface area (Å²) in [6, 6.07) is 13.6. The summed E-state index contributed by atoms with van der Waals surface area (Å²) in [6.45, 7) is 5.81. The smallest absolute Gasteiger partial charge is 0.252 e. The molecular formula is C20H21Cl2N5O. The number of carbonyl (C=O) groups is 1. The van der Waals surface area contributed by atoms with Crippen molar-refractivity contribution in [1.82, 2.24) is 10.6 Å². The molecule has 146 valence electrons. The molecule has 1 atom stereocenters. The van der Waals surface area contributed by atoms with Crippen LogP contribution in [0.15, 0.2) is 53.5 Å². The number of guanidine groups is 1. The number of nitrogens with one attached hydrogen (secondary N) is 3. The van der Waals surface area contributed by atoms with E-state index in [0.29, 0.717) is 21.3 Å². The lowest BCUT2D eigenvalue weighted by Gasteiger charge is -2.29. The van der Waals surface area contributed by atoms with Crippen LogP contribution in [0.5, 0.6) is 0 Å². The van der Waals surface area contributed by atoms with Crippen molar-refractivity contribution in [3.8, 4) is 6.19 Å². The summed E-state index contributed by atoms with van der Waals surface area (Å²) in [6.07, 6.45) is 1.23. The van der Waals surface area contributed by atoms with E-state index >= 15 is 0 Å². The largest absolute Gasteiger partial charge is 0.330 e. The summed E-state index contributed by atoms with van der Waals surface area (Å²) in [5.74, 6) is -0.0968. The molecule has 0 radical (unpaired) electrons. The molecule has 0 bridgehead atoms. The predicted octanol–water partition coefficient (Wildman–Crippen LogP) is 4.63. The maximum absolute atomic E-state index is 12.6. The standard InChI is InChI=1S/C20H21Cl2N5O/c1-20(2,3)18(26-17(28)13-7-9-14(21)10-8-13)27-19(24-12-23)25-16-6-4-5-15(22)11-16/h4-11,18H,1-3H3,(H,26,28)(H2,24,25,27). The van der Waals surface area contributed by atoms with Crippen LogP contribution in [0.2, 0.25) is 10.0 Å². The van der Waals surface area contributed by atoms with Gasteiger partial charge in [-0.15, -0.1) is 0 Å². The van der Waals surface area contributed by atoms with Crippen LogP contribution < -0.4 is 16.0 Å². The molecule has 2 rings (SSSR count). The van der Waals surface area contributed by atoms with E-state index in [0.717, 1.165) is 0 Å². The molecular weight excluding hydrogens is 397 g/mol. The van der Waals surface area contributed by atoms with E-state index in [9.17, 15) is 4.79 Å². The summed E-state index contributed by atoms with van der Waals surface area (Å²) in [7, 11) is 0. The first-order chi connectivity index (χ1) is 13.2. The van der Waals surface area contributed by atoms with Crippen LogP contribution in [0.1, 0.15) is 31.1 Å². The number of halogens is 2. The second-order valence-corrected chi connectivity index (χ2v) is 7.97. The number of carbonyl (C=O) groups excluding carboxylic acids is 1. The molecule has 0 spiro atoms. The van der Waals surface area contributed by atoms with Gasteiger partial charge < -0.3 is 10.6 Å². The molecule has 0 aliphatic heterocycles. The minimum Gasteiger partial charge on any atom is -0.330 e. The van der Waals surface area contributed by atoms with Crippen molar-refractivity contribution in [3.05, 3.63) is 64.1 Å². The molecule has 3 N–H and O–H groups in total. The van der Waals surface area contributed by atoms with Crippen LogP contribution in [0.3, 0.4) is 0 Å². The molecule has 0 saturated heterocycles. The summed E-state index contributed by atoms with van der Waals surface area (Å²) in [4.78, 5) is 17.1. The molecule has 0 aliphatic carbocycles. The van der Waals surface area contributed by atoms with Gasteiger partial charge in [0, 0.05) is 26.7 Å². The zero-order valence-electron chi connectivity index (χ0n) is 15.8. The summed E-state index contributed by atoms with van der Waals surface area (Å²) >= 11 is 11.9. The van der Waals surface area contributed by atoms with Crippen molar-refractivity contribution in [2.45, 2.75) is 26.9 Å². The van der Waals surface area contributed by atoms with Gasteiger partial charge in [-0.1, -0.05) is 50.0 Å². The minimum absolute atomic E-state index is 0.195. The molecule has 2 aromatic carbocycles. The fourth-order valence-electron chi connectivity index (χ4n) is 2.23. The highest BCUT2D eigenvalue weighted by atomic mass is 35.5. The summed E-state index contributed by atoms with van der Waals surface area (Å²) in [5.41, 5.74) is 0.706. The number of amides is 1. The Bertz CT molecular complexity index is 898. The Kier molecular flexibility index (Phi) is 7.27. The van der Waals surface area contributed by atoms with Gasteiger partial charge in [0.1, 0.15) is 6.17 Å². The van der Waals surface area contributed by atoms with Crippen LogP contribution in [0.4, 0.5) is 5.69 Å². The lowest BCUT2D eigenvalue weighted by atomic mass is 9.92. The average molecular weight is 418 g/mol. The molecule has 2 aromatic rings. The Morgan fingerprint density at radius 2 is 1.79 bits per heavy atom. The van der Waals surface area contributed by atoms with E-state index in [4.69, 9.17) is 28.5 Å².